The lowest BCUT2D eigenvalue weighted by Gasteiger charge is -2.35. The Bertz CT molecular complexity index is 868. The van der Waals surface area contributed by atoms with E-state index in [0.29, 0.717) is 19.4 Å². The summed E-state index contributed by atoms with van der Waals surface area (Å²) in [6, 6.07) is -3.69. The molecule has 1 heterocycles. The molecule has 0 bridgehead atoms. The second-order valence-electron chi connectivity index (χ2n) is 11.1. The molecule has 0 spiro atoms. The van der Waals surface area contributed by atoms with Crippen molar-refractivity contribution >= 4 is 35.4 Å². The van der Waals surface area contributed by atoms with Crippen LogP contribution in [0.3, 0.4) is 0 Å². The molecule has 1 saturated heterocycles. The largest absolute Gasteiger partial charge is 0.363 e. The Morgan fingerprint density at radius 2 is 1.62 bits per heavy atom. The van der Waals surface area contributed by atoms with E-state index in [9.17, 15) is 28.8 Å². The zero-order valence-corrected chi connectivity index (χ0v) is 23.1. The molecule has 1 aliphatic heterocycles. The zero-order chi connectivity index (χ0) is 28.5. The van der Waals surface area contributed by atoms with Crippen molar-refractivity contribution in [1.29, 1.82) is 0 Å². The first kappa shape index (κ1) is 31.8. The third kappa shape index (κ3) is 10.0. The molecule has 6 N–H and O–H groups in total. The number of carbonyl (C=O) groups is 6. The fraction of sp³-hybridized carbons (Fsp3) is 0.760. The van der Waals surface area contributed by atoms with Crippen molar-refractivity contribution in [2.24, 2.45) is 17.1 Å². The standard InChI is InChI=1S/C25H44N6O6/c1-8-15(4)12-16(19(33)21(26)34)29-22(35)17-10-9-11-31(17)23(36)20(25(5,6)7)30-24(37)27-13-18(32)28-14(2)3/h14-17,20H,8-13H2,1-7H3,(H2,26,34)(H,28,32)(H,29,35)(H2,27,30,37). The highest BCUT2D eigenvalue weighted by molar-refractivity contribution is 6.37. The van der Waals surface area contributed by atoms with Crippen LogP contribution in [0.1, 0.15) is 74.1 Å². The van der Waals surface area contributed by atoms with Crippen LogP contribution in [-0.4, -0.2) is 77.6 Å². The van der Waals surface area contributed by atoms with Crippen LogP contribution in [0.15, 0.2) is 0 Å². The van der Waals surface area contributed by atoms with E-state index in [0.717, 1.165) is 6.42 Å². The number of rotatable bonds is 12. The molecule has 0 aromatic heterocycles. The Hall–Kier alpha value is -3.18. The fourth-order valence-electron chi connectivity index (χ4n) is 4.07. The van der Waals surface area contributed by atoms with Gasteiger partial charge in [-0.15, -0.1) is 0 Å². The van der Waals surface area contributed by atoms with Gasteiger partial charge in [-0.3, -0.25) is 24.0 Å². The molecule has 37 heavy (non-hydrogen) atoms. The van der Waals surface area contributed by atoms with E-state index >= 15 is 0 Å². The predicted octanol–water partition coefficient (Wildman–Crippen LogP) is 0.191. The van der Waals surface area contributed by atoms with E-state index in [4.69, 9.17) is 5.73 Å². The summed E-state index contributed by atoms with van der Waals surface area (Å²) in [4.78, 5) is 76.3. The van der Waals surface area contributed by atoms with Gasteiger partial charge in [-0.1, -0.05) is 41.0 Å². The normalized spacial score (nSPS) is 17.9. The molecule has 4 atom stereocenters. The van der Waals surface area contributed by atoms with Crippen molar-refractivity contribution in [2.45, 2.75) is 98.3 Å². The van der Waals surface area contributed by atoms with Gasteiger partial charge in [-0.05, 0) is 44.4 Å². The Morgan fingerprint density at radius 3 is 2.14 bits per heavy atom. The number of hydrogen-bond donors (Lipinski definition) is 5. The molecule has 0 aromatic carbocycles. The van der Waals surface area contributed by atoms with Gasteiger partial charge in [0.15, 0.2) is 0 Å². The smallest absolute Gasteiger partial charge is 0.315 e. The number of likely N-dealkylation sites (tertiary alicyclic amines) is 1. The molecule has 1 aliphatic rings. The fourth-order valence-corrected chi connectivity index (χ4v) is 4.07. The van der Waals surface area contributed by atoms with Gasteiger partial charge in [-0.25, -0.2) is 4.79 Å². The van der Waals surface area contributed by atoms with Crippen LogP contribution in [-0.2, 0) is 24.0 Å². The van der Waals surface area contributed by atoms with Gasteiger partial charge in [0.05, 0.1) is 12.6 Å². The summed E-state index contributed by atoms with van der Waals surface area (Å²) in [7, 11) is 0. The predicted molar refractivity (Wildman–Crippen MR) is 138 cm³/mol. The van der Waals surface area contributed by atoms with Crippen molar-refractivity contribution in [2.75, 3.05) is 13.1 Å². The summed E-state index contributed by atoms with van der Waals surface area (Å²) in [6.07, 6.45) is 1.92. The molecule has 0 saturated carbocycles. The van der Waals surface area contributed by atoms with Crippen molar-refractivity contribution < 1.29 is 28.8 Å². The number of ketones is 1. The lowest BCUT2D eigenvalue weighted by molar-refractivity contribution is -0.143. The van der Waals surface area contributed by atoms with Gasteiger partial charge < -0.3 is 31.9 Å². The SMILES string of the molecule is CCC(C)CC(NC(=O)C1CCCN1C(=O)C(NC(=O)NCC(=O)NC(C)C)C(C)(C)C)C(=O)C(N)=O. The van der Waals surface area contributed by atoms with Crippen LogP contribution in [0.5, 0.6) is 0 Å². The zero-order valence-electron chi connectivity index (χ0n) is 23.1. The first-order chi connectivity index (χ1) is 17.1. The minimum absolute atomic E-state index is 0.0607. The second-order valence-corrected chi connectivity index (χ2v) is 11.1. The lowest BCUT2D eigenvalue weighted by atomic mass is 9.85. The lowest BCUT2D eigenvalue weighted by Crippen LogP contribution is -2.60. The van der Waals surface area contributed by atoms with E-state index in [-0.39, 0.29) is 30.8 Å². The van der Waals surface area contributed by atoms with Gasteiger partial charge in [0, 0.05) is 12.6 Å². The maximum Gasteiger partial charge on any atom is 0.315 e. The number of amides is 6. The van der Waals surface area contributed by atoms with Gasteiger partial charge in [0.25, 0.3) is 5.91 Å². The average molecular weight is 525 g/mol. The van der Waals surface area contributed by atoms with Crippen LogP contribution in [0.25, 0.3) is 0 Å². The number of nitrogens with zero attached hydrogens (tertiary/aromatic N) is 1. The number of carbonyl (C=O) groups excluding carboxylic acids is 6. The first-order valence-electron chi connectivity index (χ1n) is 12.9. The monoisotopic (exact) mass is 524 g/mol. The van der Waals surface area contributed by atoms with Crippen molar-refractivity contribution in [1.82, 2.24) is 26.2 Å². The highest BCUT2D eigenvalue weighted by Gasteiger charge is 2.42. The van der Waals surface area contributed by atoms with Crippen molar-refractivity contribution in [3.8, 4) is 0 Å². The summed E-state index contributed by atoms with van der Waals surface area (Å²) < 4.78 is 0. The number of nitrogens with one attached hydrogen (secondary N) is 4. The second kappa shape index (κ2) is 13.9. The molecule has 4 unspecified atom stereocenters. The first-order valence-corrected chi connectivity index (χ1v) is 12.9. The topological polar surface area (TPSA) is 180 Å². The quantitative estimate of drug-likeness (QED) is 0.227. The molecule has 1 fully saturated rings. The molecule has 6 amide bonds. The van der Waals surface area contributed by atoms with Crippen molar-refractivity contribution in [3.05, 3.63) is 0 Å². The molecule has 0 aromatic rings. The van der Waals surface area contributed by atoms with Gasteiger partial charge >= 0.3 is 6.03 Å². The Morgan fingerprint density at radius 1 is 1.00 bits per heavy atom. The molecule has 0 aliphatic carbocycles. The molecular formula is C25H44N6O6. The minimum Gasteiger partial charge on any atom is -0.363 e. The average Bonchev–Trinajstić information content (AvgIpc) is 3.28. The summed E-state index contributed by atoms with van der Waals surface area (Å²) in [5.74, 6) is -3.30. The third-order valence-corrected chi connectivity index (χ3v) is 6.30. The van der Waals surface area contributed by atoms with Crippen LogP contribution in [0.4, 0.5) is 4.79 Å². The molecule has 210 valence electrons. The third-order valence-electron chi connectivity index (χ3n) is 6.30. The Kier molecular flexibility index (Phi) is 12.0. The molecule has 0 radical (unpaired) electrons. The van der Waals surface area contributed by atoms with Crippen LogP contribution in [0, 0.1) is 11.3 Å². The summed E-state index contributed by atoms with van der Waals surface area (Å²) >= 11 is 0. The van der Waals surface area contributed by atoms with E-state index in [2.05, 4.69) is 21.3 Å². The van der Waals surface area contributed by atoms with Crippen molar-refractivity contribution in [3.63, 3.8) is 0 Å². The molecular weight excluding hydrogens is 480 g/mol. The molecule has 1 rings (SSSR count). The molecule has 12 heteroatoms. The maximum absolute atomic E-state index is 13.6. The van der Waals surface area contributed by atoms with Crippen LogP contribution >= 0.6 is 0 Å². The van der Waals surface area contributed by atoms with Crippen LogP contribution < -0.4 is 27.0 Å². The highest BCUT2D eigenvalue weighted by Crippen LogP contribution is 2.26. The van der Waals surface area contributed by atoms with E-state index in [1.165, 1.54) is 4.90 Å². The van der Waals surface area contributed by atoms with E-state index in [1.54, 1.807) is 34.6 Å². The van der Waals surface area contributed by atoms with E-state index < -0.39 is 53.1 Å². The minimum atomic E-state index is -1.13. The number of Topliss-reactive ketones (excluding diaryl/α,β-unsaturated/α-hetero) is 1. The number of primary amides is 1. The number of hydrogen-bond acceptors (Lipinski definition) is 6. The van der Waals surface area contributed by atoms with Gasteiger partial charge in [0.2, 0.25) is 23.5 Å². The number of urea groups is 1. The number of nitrogens with two attached hydrogens (primary N) is 1. The summed E-state index contributed by atoms with van der Waals surface area (Å²) in [6.45, 7) is 12.8. The summed E-state index contributed by atoms with van der Waals surface area (Å²) in [5, 5.41) is 10.4. The van der Waals surface area contributed by atoms with E-state index in [1.807, 2.05) is 13.8 Å². The Labute approximate surface area is 219 Å². The highest BCUT2D eigenvalue weighted by atomic mass is 16.2. The summed E-state index contributed by atoms with van der Waals surface area (Å²) in [5.41, 5.74) is 4.48. The Balaban J connectivity index is 2.99. The molecule has 12 nitrogen and oxygen atoms in total. The van der Waals surface area contributed by atoms with Gasteiger partial charge in [0.1, 0.15) is 12.1 Å². The maximum atomic E-state index is 13.6. The van der Waals surface area contributed by atoms with Crippen LogP contribution in [0.2, 0.25) is 0 Å². The van der Waals surface area contributed by atoms with Gasteiger partial charge in [-0.2, -0.15) is 0 Å².